The van der Waals surface area contributed by atoms with Crippen LogP contribution in [0.3, 0.4) is 0 Å². The maximum absolute atomic E-state index is 12.9. The predicted molar refractivity (Wildman–Crippen MR) is 131 cm³/mol. The molecule has 0 saturated heterocycles. The molecule has 2 aromatic rings. The highest BCUT2D eigenvalue weighted by molar-refractivity contribution is 5.79. The van der Waals surface area contributed by atoms with Crippen LogP contribution in [-0.2, 0) is 14.3 Å². The molecule has 0 spiro atoms. The van der Waals surface area contributed by atoms with E-state index in [0.29, 0.717) is 18.9 Å². The van der Waals surface area contributed by atoms with Gasteiger partial charge in [-0.05, 0) is 59.8 Å². The zero-order chi connectivity index (χ0) is 24.4. The molecule has 2 fully saturated rings. The number of hydrogen-bond donors (Lipinski definition) is 2. The first-order chi connectivity index (χ1) is 17.0. The molecule has 0 aliphatic heterocycles. The second kappa shape index (κ2) is 10.1. The molecular formula is C28H32N2O5. The molecular weight excluding hydrogens is 444 g/mol. The summed E-state index contributed by atoms with van der Waals surface area (Å²) in [4.78, 5) is 38.3. The summed E-state index contributed by atoms with van der Waals surface area (Å²) in [5.41, 5.74) is 4.72. The van der Waals surface area contributed by atoms with Crippen molar-refractivity contribution in [3.63, 3.8) is 0 Å². The number of nitrogens with zero attached hydrogens (tertiary/aromatic N) is 1. The largest absolute Gasteiger partial charge is 0.481 e. The third-order valence-electron chi connectivity index (χ3n) is 7.45. The molecule has 0 aromatic heterocycles. The number of aliphatic carboxylic acids is 1. The Morgan fingerprint density at radius 1 is 0.971 bits per heavy atom. The minimum Gasteiger partial charge on any atom is -0.481 e. The number of carbonyl (C=O) groups excluding carboxylic acids is 2. The molecule has 2 amide bonds. The Morgan fingerprint density at radius 3 is 2.17 bits per heavy atom. The third kappa shape index (κ3) is 5.50. The van der Waals surface area contributed by atoms with Crippen LogP contribution >= 0.6 is 0 Å². The van der Waals surface area contributed by atoms with Gasteiger partial charge in [0.1, 0.15) is 6.61 Å². The SMILES string of the molecule is O=C(O)CCN(C(=O)CC(CNC(=O)OCC1c2ccccc2-c2ccccc21)C1CC1)C1CC1. The smallest absolute Gasteiger partial charge is 0.407 e. The van der Waals surface area contributed by atoms with Gasteiger partial charge in [0.25, 0.3) is 0 Å². The van der Waals surface area contributed by atoms with E-state index in [1.165, 1.54) is 22.3 Å². The van der Waals surface area contributed by atoms with E-state index in [1.54, 1.807) is 4.90 Å². The van der Waals surface area contributed by atoms with Crippen LogP contribution in [0.5, 0.6) is 0 Å². The van der Waals surface area contributed by atoms with Gasteiger partial charge in [-0.3, -0.25) is 9.59 Å². The Bertz CT molecular complexity index is 1060. The third-order valence-corrected chi connectivity index (χ3v) is 7.45. The highest BCUT2D eigenvalue weighted by atomic mass is 16.5. The standard InChI is InChI=1S/C28H32N2O5/c31-26(30(20-11-12-20)14-13-27(32)33)15-19(18-9-10-18)16-29-28(34)35-17-25-23-7-3-1-5-21(23)22-6-2-4-8-24(22)25/h1-8,18-20,25H,9-17H2,(H,29,34)(H,32,33). The van der Waals surface area contributed by atoms with E-state index in [0.717, 1.165) is 25.7 Å². The van der Waals surface area contributed by atoms with Gasteiger partial charge in [0.05, 0.1) is 6.42 Å². The average molecular weight is 477 g/mol. The van der Waals surface area contributed by atoms with E-state index in [1.807, 2.05) is 24.3 Å². The fourth-order valence-electron chi connectivity index (χ4n) is 5.29. The Labute approximate surface area is 205 Å². The van der Waals surface area contributed by atoms with Gasteiger partial charge in [0, 0.05) is 31.5 Å². The van der Waals surface area contributed by atoms with Crippen molar-refractivity contribution in [3.05, 3.63) is 59.7 Å². The number of benzene rings is 2. The molecule has 35 heavy (non-hydrogen) atoms. The van der Waals surface area contributed by atoms with E-state index in [9.17, 15) is 14.4 Å². The molecule has 184 valence electrons. The van der Waals surface area contributed by atoms with Gasteiger partial charge in [-0.15, -0.1) is 0 Å². The molecule has 7 nitrogen and oxygen atoms in total. The Balaban J connectivity index is 1.15. The molecule has 7 heteroatoms. The number of rotatable bonds is 11. The lowest BCUT2D eigenvalue weighted by molar-refractivity contribution is -0.139. The van der Waals surface area contributed by atoms with E-state index >= 15 is 0 Å². The quantitative estimate of drug-likeness (QED) is 0.501. The second-order valence-corrected chi connectivity index (χ2v) is 9.97. The predicted octanol–water partition coefficient (Wildman–Crippen LogP) is 4.41. The number of carbonyl (C=O) groups is 3. The highest BCUT2D eigenvalue weighted by Crippen LogP contribution is 2.44. The summed E-state index contributed by atoms with van der Waals surface area (Å²) in [5.74, 6) is -0.406. The van der Waals surface area contributed by atoms with Crippen molar-refractivity contribution in [3.8, 4) is 11.1 Å². The summed E-state index contributed by atoms with van der Waals surface area (Å²) in [5, 5.41) is 11.9. The van der Waals surface area contributed by atoms with Gasteiger partial charge in [-0.25, -0.2) is 4.79 Å². The monoisotopic (exact) mass is 476 g/mol. The van der Waals surface area contributed by atoms with Gasteiger partial charge in [0.2, 0.25) is 5.91 Å². The van der Waals surface area contributed by atoms with Gasteiger partial charge >= 0.3 is 12.1 Å². The summed E-state index contributed by atoms with van der Waals surface area (Å²) in [7, 11) is 0. The average Bonchev–Trinajstić information content (AvgIpc) is 3.78. The summed E-state index contributed by atoms with van der Waals surface area (Å²) in [6, 6.07) is 16.6. The van der Waals surface area contributed by atoms with E-state index in [-0.39, 0.29) is 43.4 Å². The zero-order valence-corrected chi connectivity index (χ0v) is 19.8. The first-order valence-corrected chi connectivity index (χ1v) is 12.6. The fourth-order valence-corrected chi connectivity index (χ4v) is 5.29. The van der Waals surface area contributed by atoms with Crippen molar-refractivity contribution < 1.29 is 24.2 Å². The first-order valence-electron chi connectivity index (χ1n) is 12.6. The number of nitrogens with one attached hydrogen (secondary N) is 1. The maximum atomic E-state index is 12.9. The van der Waals surface area contributed by atoms with Crippen LogP contribution in [0.2, 0.25) is 0 Å². The molecule has 0 heterocycles. The number of carboxylic acid groups (broad SMARTS) is 1. The maximum Gasteiger partial charge on any atom is 0.407 e. The van der Waals surface area contributed by atoms with Crippen LogP contribution in [-0.4, -0.2) is 53.7 Å². The number of fused-ring (bicyclic) bond motifs is 3. The van der Waals surface area contributed by atoms with Crippen molar-refractivity contribution in [2.45, 2.75) is 50.5 Å². The van der Waals surface area contributed by atoms with Gasteiger partial charge in [-0.1, -0.05) is 48.5 Å². The summed E-state index contributed by atoms with van der Waals surface area (Å²) < 4.78 is 5.65. The minimum absolute atomic E-state index is 0.0000120. The topological polar surface area (TPSA) is 95.9 Å². The number of amides is 2. The number of hydrogen-bond acceptors (Lipinski definition) is 4. The lowest BCUT2D eigenvalue weighted by atomic mass is 9.98. The number of carboxylic acids is 1. The molecule has 3 aliphatic rings. The van der Waals surface area contributed by atoms with Gasteiger partial charge in [0.15, 0.2) is 0 Å². The molecule has 1 unspecified atom stereocenters. The van der Waals surface area contributed by atoms with Crippen molar-refractivity contribution in [2.75, 3.05) is 19.7 Å². The second-order valence-electron chi connectivity index (χ2n) is 9.97. The van der Waals surface area contributed by atoms with Crippen LogP contribution in [0.15, 0.2) is 48.5 Å². The van der Waals surface area contributed by atoms with Crippen LogP contribution in [0.25, 0.3) is 11.1 Å². The molecule has 1 atom stereocenters. The van der Waals surface area contributed by atoms with Crippen LogP contribution in [0.4, 0.5) is 4.79 Å². The van der Waals surface area contributed by atoms with Gasteiger partial charge in [-0.2, -0.15) is 0 Å². The Hall–Kier alpha value is -3.35. The molecule has 0 radical (unpaired) electrons. The molecule has 0 bridgehead atoms. The lowest BCUT2D eigenvalue weighted by Crippen LogP contribution is -2.38. The molecule has 5 rings (SSSR count). The summed E-state index contributed by atoms with van der Waals surface area (Å²) in [6.45, 7) is 0.915. The van der Waals surface area contributed by atoms with Gasteiger partial charge < -0.3 is 20.1 Å². The fraction of sp³-hybridized carbons (Fsp3) is 0.464. The van der Waals surface area contributed by atoms with Crippen LogP contribution in [0.1, 0.15) is 55.6 Å². The Morgan fingerprint density at radius 2 is 1.60 bits per heavy atom. The number of ether oxygens (including phenoxy) is 1. The summed E-state index contributed by atoms with van der Waals surface area (Å²) in [6.07, 6.45) is 3.84. The highest BCUT2D eigenvalue weighted by Gasteiger charge is 2.37. The van der Waals surface area contributed by atoms with Crippen molar-refractivity contribution in [1.82, 2.24) is 10.2 Å². The van der Waals surface area contributed by atoms with Crippen LogP contribution < -0.4 is 5.32 Å². The molecule has 2 aromatic carbocycles. The first kappa shape index (κ1) is 23.4. The van der Waals surface area contributed by atoms with Crippen molar-refractivity contribution >= 4 is 18.0 Å². The molecule has 2 N–H and O–H groups in total. The molecule has 2 saturated carbocycles. The summed E-state index contributed by atoms with van der Waals surface area (Å²) >= 11 is 0. The van der Waals surface area contributed by atoms with Crippen LogP contribution in [0, 0.1) is 11.8 Å². The zero-order valence-electron chi connectivity index (χ0n) is 19.8. The van der Waals surface area contributed by atoms with E-state index in [2.05, 4.69) is 29.6 Å². The molecule has 3 aliphatic carbocycles. The van der Waals surface area contributed by atoms with E-state index in [4.69, 9.17) is 9.84 Å². The van der Waals surface area contributed by atoms with Crippen molar-refractivity contribution in [1.29, 1.82) is 0 Å². The Kier molecular flexibility index (Phi) is 6.75. The normalized spacial score (nSPS) is 17.3. The van der Waals surface area contributed by atoms with Crippen molar-refractivity contribution in [2.24, 2.45) is 11.8 Å². The number of alkyl carbamates (subject to hydrolysis) is 1. The van der Waals surface area contributed by atoms with E-state index < -0.39 is 12.1 Å². The minimum atomic E-state index is -0.890. The lowest BCUT2D eigenvalue weighted by Gasteiger charge is -2.25.